The third kappa shape index (κ3) is 3.11. The van der Waals surface area contributed by atoms with Gasteiger partial charge in [-0.15, -0.1) is 0 Å². The number of hydrogen-bond donors (Lipinski definition) is 3. The standard InChI is InChI=1S/C12H18ClNO2/c1-9-10(13)4-3-5-11(9)14-6-12(2,7-15)8-16/h3-5,14-16H,6-8H2,1-2H3. The zero-order valence-electron chi connectivity index (χ0n) is 9.63. The number of nitrogens with one attached hydrogen (secondary N) is 1. The van der Waals surface area contributed by atoms with Gasteiger partial charge in [-0.1, -0.05) is 24.6 Å². The van der Waals surface area contributed by atoms with Crippen LogP contribution in [0.4, 0.5) is 5.69 Å². The third-order valence-electron chi connectivity index (χ3n) is 2.74. The van der Waals surface area contributed by atoms with Gasteiger partial charge in [0.2, 0.25) is 0 Å². The molecule has 1 aromatic carbocycles. The van der Waals surface area contributed by atoms with Crippen LogP contribution in [0.25, 0.3) is 0 Å². The van der Waals surface area contributed by atoms with Crippen molar-refractivity contribution in [3.8, 4) is 0 Å². The van der Waals surface area contributed by atoms with Crippen molar-refractivity contribution < 1.29 is 10.2 Å². The van der Waals surface area contributed by atoms with Crippen molar-refractivity contribution >= 4 is 17.3 Å². The summed E-state index contributed by atoms with van der Waals surface area (Å²) < 4.78 is 0. The molecule has 0 bridgehead atoms. The van der Waals surface area contributed by atoms with Gasteiger partial charge in [0, 0.05) is 22.7 Å². The Balaban J connectivity index is 2.71. The normalized spacial score (nSPS) is 11.6. The smallest absolute Gasteiger partial charge is 0.0523 e. The van der Waals surface area contributed by atoms with E-state index in [4.69, 9.17) is 21.8 Å². The first-order chi connectivity index (χ1) is 7.52. The van der Waals surface area contributed by atoms with Gasteiger partial charge in [-0.25, -0.2) is 0 Å². The Hall–Kier alpha value is -0.770. The maximum Gasteiger partial charge on any atom is 0.0523 e. The number of halogens is 1. The zero-order valence-corrected chi connectivity index (χ0v) is 10.4. The van der Waals surface area contributed by atoms with Gasteiger partial charge >= 0.3 is 0 Å². The molecule has 0 amide bonds. The maximum absolute atomic E-state index is 9.16. The first kappa shape index (κ1) is 13.3. The molecule has 0 spiro atoms. The molecule has 3 nitrogen and oxygen atoms in total. The van der Waals surface area contributed by atoms with Gasteiger partial charge in [-0.3, -0.25) is 0 Å². The summed E-state index contributed by atoms with van der Waals surface area (Å²) in [6.07, 6.45) is 0. The highest BCUT2D eigenvalue weighted by molar-refractivity contribution is 6.31. The Morgan fingerprint density at radius 3 is 2.50 bits per heavy atom. The first-order valence-corrected chi connectivity index (χ1v) is 5.61. The fraction of sp³-hybridized carbons (Fsp3) is 0.500. The zero-order chi connectivity index (χ0) is 12.2. The average Bonchev–Trinajstić information content (AvgIpc) is 2.31. The second-order valence-corrected chi connectivity index (χ2v) is 4.80. The molecular formula is C12H18ClNO2. The van der Waals surface area contributed by atoms with Crippen LogP contribution in [-0.2, 0) is 0 Å². The number of aliphatic hydroxyl groups excluding tert-OH is 2. The Morgan fingerprint density at radius 2 is 1.94 bits per heavy atom. The summed E-state index contributed by atoms with van der Waals surface area (Å²) in [5.74, 6) is 0. The van der Waals surface area contributed by atoms with E-state index in [0.29, 0.717) is 11.6 Å². The van der Waals surface area contributed by atoms with Gasteiger partial charge in [0.15, 0.2) is 0 Å². The Morgan fingerprint density at radius 1 is 1.31 bits per heavy atom. The van der Waals surface area contributed by atoms with Crippen molar-refractivity contribution in [2.24, 2.45) is 5.41 Å². The number of rotatable bonds is 5. The predicted molar refractivity (Wildman–Crippen MR) is 67.0 cm³/mol. The Bertz CT molecular complexity index is 351. The highest BCUT2D eigenvalue weighted by Crippen LogP contribution is 2.24. The van der Waals surface area contributed by atoms with Crippen molar-refractivity contribution in [1.82, 2.24) is 0 Å². The minimum absolute atomic E-state index is 0.0594. The summed E-state index contributed by atoms with van der Waals surface area (Å²) in [5.41, 5.74) is 1.39. The molecule has 0 aliphatic carbocycles. The lowest BCUT2D eigenvalue weighted by Crippen LogP contribution is -2.34. The van der Waals surface area contributed by atoms with Gasteiger partial charge in [-0.05, 0) is 24.6 Å². The topological polar surface area (TPSA) is 52.5 Å². The van der Waals surface area contributed by atoms with Gasteiger partial charge in [0.05, 0.1) is 13.2 Å². The minimum Gasteiger partial charge on any atom is -0.396 e. The molecule has 0 aliphatic heterocycles. The van der Waals surface area contributed by atoms with Crippen LogP contribution < -0.4 is 5.32 Å². The fourth-order valence-corrected chi connectivity index (χ4v) is 1.44. The summed E-state index contributed by atoms with van der Waals surface area (Å²) in [6, 6.07) is 5.63. The van der Waals surface area contributed by atoms with Crippen LogP contribution in [0, 0.1) is 12.3 Å². The van der Waals surface area contributed by atoms with E-state index >= 15 is 0 Å². The lowest BCUT2D eigenvalue weighted by Gasteiger charge is -2.26. The van der Waals surface area contributed by atoms with Crippen LogP contribution in [0.2, 0.25) is 5.02 Å². The van der Waals surface area contributed by atoms with Crippen molar-refractivity contribution in [3.05, 3.63) is 28.8 Å². The summed E-state index contributed by atoms with van der Waals surface area (Å²) >= 11 is 5.99. The molecule has 0 unspecified atom stereocenters. The maximum atomic E-state index is 9.16. The molecule has 4 heteroatoms. The molecule has 1 aromatic rings. The van der Waals surface area contributed by atoms with Crippen LogP contribution in [0.3, 0.4) is 0 Å². The molecule has 0 heterocycles. The molecule has 0 fully saturated rings. The van der Waals surface area contributed by atoms with Crippen molar-refractivity contribution in [3.63, 3.8) is 0 Å². The van der Waals surface area contributed by atoms with Gasteiger partial charge in [0.1, 0.15) is 0 Å². The van der Waals surface area contributed by atoms with Crippen molar-refractivity contribution in [1.29, 1.82) is 0 Å². The molecule has 0 aromatic heterocycles. The van der Waals surface area contributed by atoms with E-state index in [0.717, 1.165) is 11.3 Å². The van der Waals surface area contributed by atoms with Gasteiger partial charge in [0.25, 0.3) is 0 Å². The summed E-state index contributed by atoms with van der Waals surface area (Å²) in [4.78, 5) is 0. The molecule has 0 saturated heterocycles. The molecule has 16 heavy (non-hydrogen) atoms. The summed E-state index contributed by atoms with van der Waals surface area (Å²) in [5, 5.41) is 22.2. The fourth-order valence-electron chi connectivity index (χ4n) is 1.27. The summed E-state index contributed by atoms with van der Waals surface area (Å²) in [6.45, 7) is 4.13. The number of hydrogen-bond acceptors (Lipinski definition) is 3. The second-order valence-electron chi connectivity index (χ2n) is 4.39. The van der Waals surface area contributed by atoms with E-state index in [2.05, 4.69) is 5.32 Å². The SMILES string of the molecule is Cc1c(Cl)cccc1NCC(C)(CO)CO. The van der Waals surface area contributed by atoms with E-state index in [1.807, 2.05) is 32.0 Å². The average molecular weight is 244 g/mol. The summed E-state index contributed by atoms with van der Waals surface area (Å²) in [7, 11) is 0. The largest absolute Gasteiger partial charge is 0.396 e. The van der Waals surface area contributed by atoms with Gasteiger partial charge in [-0.2, -0.15) is 0 Å². The van der Waals surface area contributed by atoms with E-state index in [9.17, 15) is 0 Å². The van der Waals surface area contributed by atoms with Crippen molar-refractivity contribution in [2.75, 3.05) is 25.1 Å². The second kappa shape index (κ2) is 5.53. The molecule has 0 atom stereocenters. The predicted octanol–water partition coefficient (Wildman–Crippen LogP) is 2.05. The van der Waals surface area contributed by atoms with E-state index in [-0.39, 0.29) is 13.2 Å². The minimum atomic E-state index is -0.519. The lowest BCUT2D eigenvalue weighted by molar-refractivity contribution is 0.0806. The van der Waals surface area contributed by atoms with Crippen LogP contribution in [0.1, 0.15) is 12.5 Å². The monoisotopic (exact) mass is 243 g/mol. The third-order valence-corrected chi connectivity index (χ3v) is 3.15. The van der Waals surface area contributed by atoms with Gasteiger partial charge < -0.3 is 15.5 Å². The first-order valence-electron chi connectivity index (χ1n) is 5.23. The van der Waals surface area contributed by atoms with E-state index < -0.39 is 5.41 Å². The van der Waals surface area contributed by atoms with Crippen molar-refractivity contribution in [2.45, 2.75) is 13.8 Å². The lowest BCUT2D eigenvalue weighted by atomic mass is 9.93. The number of benzene rings is 1. The molecular weight excluding hydrogens is 226 g/mol. The molecule has 0 aliphatic rings. The molecule has 1 rings (SSSR count). The van der Waals surface area contributed by atoms with Crippen LogP contribution >= 0.6 is 11.6 Å². The van der Waals surface area contributed by atoms with E-state index in [1.165, 1.54) is 0 Å². The van der Waals surface area contributed by atoms with Crippen LogP contribution in [0.15, 0.2) is 18.2 Å². The molecule has 0 radical (unpaired) electrons. The molecule has 0 saturated carbocycles. The molecule has 3 N–H and O–H groups in total. The Labute approximate surface area is 101 Å². The highest BCUT2D eigenvalue weighted by atomic mass is 35.5. The number of anilines is 1. The quantitative estimate of drug-likeness (QED) is 0.742. The van der Waals surface area contributed by atoms with Crippen LogP contribution in [-0.4, -0.2) is 30.0 Å². The molecule has 90 valence electrons. The van der Waals surface area contributed by atoms with Crippen LogP contribution in [0.5, 0.6) is 0 Å². The number of aliphatic hydroxyl groups is 2. The van der Waals surface area contributed by atoms with E-state index in [1.54, 1.807) is 0 Å². The Kier molecular flexibility index (Phi) is 4.59. The highest BCUT2D eigenvalue weighted by Gasteiger charge is 2.22.